The number of carboxylic acid groups (broad SMARTS) is 1. The lowest BCUT2D eigenvalue weighted by molar-refractivity contribution is -0.172. The van der Waals surface area contributed by atoms with E-state index in [1.54, 1.807) is 0 Å². The van der Waals surface area contributed by atoms with Gasteiger partial charge in [0, 0.05) is 0 Å². The molecule has 1 saturated carbocycles. The summed E-state index contributed by atoms with van der Waals surface area (Å²) >= 11 is 0. The Morgan fingerprint density at radius 2 is 1.65 bits per heavy atom. The molecular formula is C19H34O4. The molecule has 1 rings (SSSR count). The van der Waals surface area contributed by atoms with Gasteiger partial charge in [0.2, 0.25) is 0 Å². The van der Waals surface area contributed by atoms with Gasteiger partial charge in [-0.25, -0.2) is 0 Å². The van der Waals surface area contributed by atoms with Gasteiger partial charge in [0.05, 0.1) is 11.8 Å². The van der Waals surface area contributed by atoms with Gasteiger partial charge in [-0.05, 0) is 39.0 Å². The molecule has 4 heteroatoms. The predicted molar refractivity (Wildman–Crippen MR) is 91.2 cm³/mol. The Morgan fingerprint density at radius 1 is 1.00 bits per heavy atom. The molecular weight excluding hydrogens is 292 g/mol. The minimum absolute atomic E-state index is 0.288. The highest BCUT2D eigenvalue weighted by Crippen LogP contribution is 2.34. The summed E-state index contributed by atoms with van der Waals surface area (Å²) in [5.74, 6) is -2.18. The standard InChI is InChI=1S/C19H34O4/c1-4-6-7-10-14-19(3,13-5-2)23-18(22)16-12-9-8-11-15(16)17(20)21/h15-16H,4-14H2,1-3H3,(H,20,21). The fourth-order valence-electron chi connectivity index (χ4n) is 3.71. The van der Waals surface area contributed by atoms with E-state index in [2.05, 4.69) is 13.8 Å². The van der Waals surface area contributed by atoms with E-state index in [1.807, 2.05) is 6.92 Å². The Morgan fingerprint density at radius 3 is 2.22 bits per heavy atom. The molecule has 1 fully saturated rings. The van der Waals surface area contributed by atoms with Gasteiger partial charge in [0.25, 0.3) is 0 Å². The molecule has 0 saturated heterocycles. The van der Waals surface area contributed by atoms with Gasteiger partial charge in [-0.3, -0.25) is 9.59 Å². The molecule has 1 N–H and O–H groups in total. The van der Waals surface area contributed by atoms with E-state index in [0.717, 1.165) is 44.9 Å². The van der Waals surface area contributed by atoms with Crippen molar-refractivity contribution in [3.05, 3.63) is 0 Å². The average Bonchev–Trinajstić information content (AvgIpc) is 2.51. The zero-order valence-electron chi connectivity index (χ0n) is 15.1. The lowest BCUT2D eigenvalue weighted by Gasteiger charge is -2.34. The van der Waals surface area contributed by atoms with Gasteiger partial charge >= 0.3 is 11.9 Å². The first kappa shape index (κ1) is 20.0. The van der Waals surface area contributed by atoms with Crippen molar-refractivity contribution in [1.29, 1.82) is 0 Å². The SMILES string of the molecule is CCCCCCC(C)(CCC)OC(=O)C1CCCCC1C(=O)O. The third-order valence-electron chi connectivity index (χ3n) is 5.07. The van der Waals surface area contributed by atoms with Crippen molar-refractivity contribution in [3.8, 4) is 0 Å². The monoisotopic (exact) mass is 326 g/mol. The normalized spacial score (nSPS) is 24.0. The summed E-state index contributed by atoms with van der Waals surface area (Å²) in [6, 6.07) is 0. The van der Waals surface area contributed by atoms with Crippen LogP contribution in [-0.4, -0.2) is 22.6 Å². The number of hydrogen-bond donors (Lipinski definition) is 1. The number of ether oxygens (including phenoxy) is 1. The number of rotatable bonds is 10. The summed E-state index contributed by atoms with van der Waals surface area (Å²) in [5.41, 5.74) is -0.444. The maximum absolute atomic E-state index is 12.6. The number of hydrogen-bond acceptors (Lipinski definition) is 3. The maximum Gasteiger partial charge on any atom is 0.310 e. The lowest BCUT2D eigenvalue weighted by atomic mass is 9.79. The third-order valence-corrected chi connectivity index (χ3v) is 5.07. The van der Waals surface area contributed by atoms with Crippen LogP contribution in [0.15, 0.2) is 0 Å². The topological polar surface area (TPSA) is 63.6 Å². The van der Waals surface area contributed by atoms with Crippen LogP contribution in [0, 0.1) is 11.8 Å². The van der Waals surface area contributed by atoms with Gasteiger partial charge in [-0.2, -0.15) is 0 Å². The Labute approximate surface area is 141 Å². The highest BCUT2D eigenvalue weighted by atomic mass is 16.6. The third kappa shape index (κ3) is 6.52. The zero-order chi connectivity index (χ0) is 17.3. The van der Waals surface area contributed by atoms with Crippen molar-refractivity contribution in [2.45, 2.75) is 97.0 Å². The van der Waals surface area contributed by atoms with Crippen molar-refractivity contribution < 1.29 is 19.4 Å². The van der Waals surface area contributed by atoms with Crippen LogP contribution >= 0.6 is 0 Å². The Bertz CT molecular complexity index is 380. The number of carbonyl (C=O) groups excluding carboxylic acids is 1. The molecule has 134 valence electrons. The van der Waals surface area contributed by atoms with E-state index in [9.17, 15) is 14.7 Å². The molecule has 3 unspecified atom stereocenters. The Hall–Kier alpha value is -1.06. The minimum Gasteiger partial charge on any atom is -0.481 e. The maximum atomic E-state index is 12.6. The molecule has 0 heterocycles. The molecule has 0 bridgehead atoms. The van der Waals surface area contributed by atoms with Crippen LogP contribution in [0.5, 0.6) is 0 Å². The largest absolute Gasteiger partial charge is 0.481 e. The highest BCUT2D eigenvalue weighted by molar-refractivity contribution is 5.81. The Kier molecular flexibility index (Phi) is 8.64. The fraction of sp³-hybridized carbons (Fsp3) is 0.895. The molecule has 1 aliphatic carbocycles. The van der Waals surface area contributed by atoms with Gasteiger partial charge in [-0.15, -0.1) is 0 Å². The number of unbranched alkanes of at least 4 members (excludes halogenated alkanes) is 3. The molecule has 0 amide bonds. The summed E-state index contributed by atoms with van der Waals surface area (Å²) in [5, 5.41) is 9.35. The first-order chi connectivity index (χ1) is 10.9. The molecule has 0 spiro atoms. The van der Waals surface area contributed by atoms with Crippen LogP contribution in [0.3, 0.4) is 0 Å². The van der Waals surface area contributed by atoms with Crippen LogP contribution in [-0.2, 0) is 14.3 Å². The van der Waals surface area contributed by atoms with E-state index in [4.69, 9.17) is 4.74 Å². The molecule has 0 radical (unpaired) electrons. The molecule has 0 aromatic rings. The number of carboxylic acids is 1. The number of esters is 1. The predicted octanol–water partition coefficient (Wildman–Crippen LogP) is 4.95. The smallest absolute Gasteiger partial charge is 0.310 e. The molecule has 0 aromatic heterocycles. The lowest BCUT2D eigenvalue weighted by Crippen LogP contribution is -2.39. The van der Waals surface area contributed by atoms with E-state index in [1.165, 1.54) is 12.8 Å². The number of aliphatic carboxylic acids is 1. The van der Waals surface area contributed by atoms with Crippen LogP contribution in [0.2, 0.25) is 0 Å². The fourth-order valence-corrected chi connectivity index (χ4v) is 3.71. The molecule has 1 aliphatic rings. The summed E-state index contributed by atoms with van der Waals surface area (Å²) < 4.78 is 5.88. The average molecular weight is 326 g/mol. The second-order valence-electron chi connectivity index (χ2n) is 7.27. The molecule has 0 aliphatic heterocycles. The van der Waals surface area contributed by atoms with Crippen molar-refractivity contribution >= 4 is 11.9 Å². The van der Waals surface area contributed by atoms with Crippen LogP contribution in [0.25, 0.3) is 0 Å². The zero-order valence-corrected chi connectivity index (χ0v) is 15.1. The van der Waals surface area contributed by atoms with Crippen molar-refractivity contribution in [1.82, 2.24) is 0 Å². The van der Waals surface area contributed by atoms with Gasteiger partial charge < -0.3 is 9.84 Å². The number of carbonyl (C=O) groups is 2. The summed E-state index contributed by atoms with van der Waals surface area (Å²) in [4.78, 5) is 24.0. The molecule has 3 atom stereocenters. The summed E-state index contributed by atoms with van der Waals surface area (Å²) in [6.07, 6.45) is 10.3. The van der Waals surface area contributed by atoms with Crippen LogP contribution in [0.4, 0.5) is 0 Å². The van der Waals surface area contributed by atoms with E-state index in [-0.39, 0.29) is 5.97 Å². The van der Waals surface area contributed by atoms with Crippen LogP contribution in [0.1, 0.15) is 91.4 Å². The van der Waals surface area contributed by atoms with Crippen LogP contribution < -0.4 is 0 Å². The Balaban J connectivity index is 2.65. The van der Waals surface area contributed by atoms with Gasteiger partial charge in [0.15, 0.2) is 0 Å². The first-order valence-corrected chi connectivity index (χ1v) is 9.39. The molecule has 23 heavy (non-hydrogen) atoms. The van der Waals surface area contributed by atoms with Crippen molar-refractivity contribution in [2.75, 3.05) is 0 Å². The summed E-state index contributed by atoms with van der Waals surface area (Å²) in [6.45, 7) is 6.29. The minimum atomic E-state index is -0.855. The van der Waals surface area contributed by atoms with E-state index in [0.29, 0.717) is 12.8 Å². The van der Waals surface area contributed by atoms with Crippen molar-refractivity contribution in [3.63, 3.8) is 0 Å². The van der Waals surface area contributed by atoms with E-state index >= 15 is 0 Å². The second kappa shape index (κ2) is 9.94. The van der Waals surface area contributed by atoms with Crippen molar-refractivity contribution in [2.24, 2.45) is 11.8 Å². The summed E-state index contributed by atoms with van der Waals surface area (Å²) in [7, 11) is 0. The second-order valence-corrected chi connectivity index (χ2v) is 7.27. The first-order valence-electron chi connectivity index (χ1n) is 9.39. The van der Waals surface area contributed by atoms with Gasteiger partial charge in [0.1, 0.15) is 5.60 Å². The highest BCUT2D eigenvalue weighted by Gasteiger charge is 2.39. The quantitative estimate of drug-likeness (QED) is 0.456. The molecule has 4 nitrogen and oxygen atoms in total. The van der Waals surface area contributed by atoms with Gasteiger partial charge in [-0.1, -0.05) is 52.4 Å². The van der Waals surface area contributed by atoms with E-state index < -0.39 is 23.4 Å². The molecule has 0 aromatic carbocycles.